The Hall–Kier alpha value is -1.29. The molecule has 1 unspecified atom stereocenters. The monoisotopic (exact) mass is 261 g/mol. The highest BCUT2D eigenvalue weighted by atomic mass is 32.1. The molecule has 0 saturated carbocycles. The van der Waals surface area contributed by atoms with Crippen molar-refractivity contribution in [3.8, 4) is 0 Å². The molecule has 1 saturated heterocycles. The van der Waals surface area contributed by atoms with E-state index in [0.717, 1.165) is 35.3 Å². The fourth-order valence-electron chi connectivity index (χ4n) is 2.64. The summed E-state index contributed by atoms with van der Waals surface area (Å²) in [4.78, 5) is 7.18. The first-order valence-corrected chi connectivity index (χ1v) is 7.49. The molecule has 1 aliphatic heterocycles. The third kappa shape index (κ3) is 2.17. The molecule has 0 spiro atoms. The highest BCUT2D eigenvalue weighted by Gasteiger charge is 2.21. The van der Waals surface area contributed by atoms with Gasteiger partial charge in [-0.15, -0.1) is 0 Å². The van der Waals surface area contributed by atoms with Crippen LogP contribution in [0.15, 0.2) is 18.2 Å². The topological polar surface area (TPSA) is 42.2 Å². The lowest BCUT2D eigenvalue weighted by Crippen LogP contribution is -2.34. The van der Waals surface area contributed by atoms with Crippen molar-refractivity contribution >= 4 is 32.4 Å². The van der Waals surface area contributed by atoms with Crippen LogP contribution in [-0.4, -0.2) is 18.1 Å². The Morgan fingerprint density at radius 1 is 1.50 bits per heavy atom. The lowest BCUT2D eigenvalue weighted by Gasteiger charge is -2.31. The number of nitrogens with zero attached hydrogens (tertiary/aromatic N) is 2. The van der Waals surface area contributed by atoms with Gasteiger partial charge in [0.05, 0.1) is 10.2 Å². The first-order chi connectivity index (χ1) is 8.76. The van der Waals surface area contributed by atoms with Crippen LogP contribution in [0.25, 0.3) is 10.2 Å². The van der Waals surface area contributed by atoms with Crippen molar-refractivity contribution in [1.82, 2.24) is 4.98 Å². The highest BCUT2D eigenvalue weighted by Crippen LogP contribution is 2.32. The van der Waals surface area contributed by atoms with E-state index in [9.17, 15) is 0 Å². The van der Waals surface area contributed by atoms with Gasteiger partial charge in [-0.1, -0.05) is 24.7 Å². The van der Waals surface area contributed by atoms with Gasteiger partial charge >= 0.3 is 0 Å². The summed E-state index contributed by atoms with van der Waals surface area (Å²) in [6.45, 7) is 4.59. The third-order valence-electron chi connectivity index (χ3n) is 3.77. The molecular weight excluding hydrogens is 242 g/mol. The molecule has 1 aliphatic rings. The van der Waals surface area contributed by atoms with Crippen LogP contribution in [0.4, 0.5) is 10.8 Å². The minimum Gasteiger partial charge on any atom is -0.399 e. The lowest BCUT2D eigenvalue weighted by molar-refractivity contribution is 0.404. The van der Waals surface area contributed by atoms with E-state index in [4.69, 9.17) is 10.7 Å². The fourth-order valence-corrected chi connectivity index (χ4v) is 3.69. The second-order valence-electron chi connectivity index (χ2n) is 5.09. The summed E-state index contributed by atoms with van der Waals surface area (Å²) in [5.41, 5.74) is 7.71. The lowest BCUT2D eigenvalue weighted by atomic mass is 9.96. The number of piperidine rings is 1. The number of hydrogen-bond donors (Lipinski definition) is 1. The molecule has 0 radical (unpaired) electrons. The molecule has 3 rings (SSSR count). The Kier molecular flexibility index (Phi) is 3.12. The third-order valence-corrected chi connectivity index (χ3v) is 4.85. The Morgan fingerprint density at radius 3 is 3.22 bits per heavy atom. The molecule has 0 amide bonds. The number of rotatable bonds is 2. The van der Waals surface area contributed by atoms with E-state index in [1.54, 1.807) is 11.3 Å². The van der Waals surface area contributed by atoms with Gasteiger partial charge in [0.2, 0.25) is 0 Å². The molecule has 1 aromatic heterocycles. The largest absolute Gasteiger partial charge is 0.399 e. The number of thiazole rings is 1. The second kappa shape index (κ2) is 4.76. The van der Waals surface area contributed by atoms with Gasteiger partial charge in [-0.25, -0.2) is 4.98 Å². The van der Waals surface area contributed by atoms with Crippen LogP contribution in [0.2, 0.25) is 0 Å². The van der Waals surface area contributed by atoms with Crippen LogP contribution in [0, 0.1) is 5.92 Å². The van der Waals surface area contributed by atoms with Gasteiger partial charge in [-0.05, 0) is 37.0 Å². The zero-order chi connectivity index (χ0) is 12.5. The molecule has 96 valence electrons. The number of fused-ring (bicyclic) bond motifs is 1. The van der Waals surface area contributed by atoms with Gasteiger partial charge in [0.25, 0.3) is 0 Å². The summed E-state index contributed by atoms with van der Waals surface area (Å²) in [5.74, 6) is 0.829. The first-order valence-electron chi connectivity index (χ1n) is 6.67. The van der Waals surface area contributed by atoms with Crippen molar-refractivity contribution < 1.29 is 0 Å². The van der Waals surface area contributed by atoms with Crippen LogP contribution in [0.5, 0.6) is 0 Å². The number of nitrogens with two attached hydrogens (primary N) is 1. The van der Waals surface area contributed by atoms with Crippen molar-refractivity contribution in [3.05, 3.63) is 18.2 Å². The molecular formula is C14H19N3S. The van der Waals surface area contributed by atoms with Gasteiger partial charge in [0.15, 0.2) is 5.13 Å². The van der Waals surface area contributed by atoms with Crippen molar-refractivity contribution in [2.75, 3.05) is 23.7 Å². The molecule has 0 bridgehead atoms. The van der Waals surface area contributed by atoms with E-state index in [0.29, 0.717) is 0 Å². The van der Waals surface area contributed by atoms with E-state index in [2.05, 4.69) is 11.8 Å². The molecule has 18 heavy (non-hydrogen) atoms. The van der Waals surface area contributed by atoms with Gasteiger partial charge < -0.3 is 10.6 Å². The maximum atomic E-state index is 5.82. The van der Waals surface area contributed by atoms with Crippen LogP contribution in [-0.2, 0) is 0 Å². The van der Waals surface area contributed by atoms with Crippen LogP contribution >= 0.6 is 11.3 Å². The van der Waals surface area contributed by atoms with E-state index < -0.39 is 0 Å². The fraction of sp³-hybridized carbons (Fsp3) is 0.500. The van der Waals surface area contributed by atoms with Crippen LogP contribution < -0.4 is 10.6 Å². The summed E-state index contributed by atoms with van der Waals surface area (Å²) in [6, 6.07) is 5.97. The maximum absolute atomic E-state index is 5.82. The summed E-state index contributed by atoms with van der Waals surface area (Å²) in [6.07, 6.45) is 3.93. The Bertz CT molecular complexity index is 549. The van der Waals surface area contributed by atoms with Crippen molar-refractivity contribution in [1.29, 1.82) is 0 Å². The SMILES string of the molecule is CCC1CCCN(c2nc3ccc(N)cc3s2)C1. The Balaban J connectivity index is 1.89. The van der Waals surface area contributed by atoms with Crippen molar-refractivity contribution in [2.24, 2.45) is 5.92 Å². The smallest absolute Gasteiger partial charge is 0.186 e. The zero-order valence-corrected chi connectivity index (χ0v) is 11.5. The molecule has 2 heterocycles. The van der Waals surface area contributed by atoms with Gasteiger partial charge in [-0.2, -0.15) is 0 Å². The predicted molar refractivity (Wildman–Crippen MR) is 79.3 cm³/mol. The van der Waals surface area contributed by atoms with Crippen molar-refractivity contribution in [3.63, 3.8) is 0 Å². The Labute approximate surface area is 112 Å². The second-order valence-corrected chi connectivity index (χ2v) is 6.10. The average Bonchev–Trinajstić information content (AvgIpc) is 2.81. The molecule has 1 atom stereocenters. The number of anilines is 2. The molecule has 0 aliphatic carbocycles. The van der Waals surface area contributed by atoms with Gasteiger partial charge in [-0.3, -0.25) is 0 Å². The quantitative estimate of drug-likeness (QED) is 0.841. The van der Waals surface area contributed by atoms with E-state index >= 15 is 0 Å². The van der Waals surface area contributed by atoms with Gasteiger partial charge in [0.1, 0.15) is 0 Å². The summed E-state index contributed by atoms with van der Waals surface area (Å²) >= 11 is 1.77. The molecule has 1 fully saturated rings. The number of aromatic nitrogens is 1. The van der Waals surface area contributed by atoms with E-state index in [1.807, 2.05) is 18.2 Å². The molecule has 2 N–H and O–H groups in total. The number of hydrogen-bond acceptors (Lipinski definition) is 4. The maximum Gasteiger partial charge on any atom is 0.186 e. The summed E-state index contributed by atoms with van der Waals surface area (Å²) < 4.78 is 1.20. The minimum absolute atomic E-state index is 0.822. The number of nitrogen functional groups attached to an aromatic ring is 1. The highest BCUT2D eigenvalue weighted by molar-refractivity contribution is 7.22. The van der Waals surface area contributed by atoms with Crippen molar-refractivity contribution in [2.45, 2.75) is 26.2 Å². The molecule has 3 nitrogen and oxygen atoms in total. The zero-order valence-electron chi connectivity index (χ0n) is 10.7. The minimum atomic E-state index is 0.822. The van der Waals surface area contributed by atoms with Crippen LogP contribution in [0.1, 0.15) is 26.2 Å². The normalized spacial score (nSPS) is 20.5. The Morgan fingerprint density at radius 2 is 2.39 bits per heavy atom. The number of benzene rings is 1. The standard InChI is InChI=1S/C14H19N3S/c1-2-10-4-3-7-17(9-10)14-16-12-6-5-11(15)8-13(12)18-14/h5-6,8,10H,2-4,7,9,15H2,1H3. The summed E-state index contributed by atoms with van der Waals surface area (Å²) in [5, 5.41) is 1.16. The predicted octanol–water partition coefficient (Wildman–Crippen LogP) is 3.50. The van der Waals surface area contributed by atoms with E-state index in [1.165, 1.54) is 24.0 Å². The molecule has 4 heteroatoms. The van der Waals surface area contributed by atoms with Gasteiger partial charge in [0, 0.05) is 18.8 Å². The summed E-state index contributed by atoms with van der Waals surface area (Å²) in [7, 11) is 0. The van der Waals surface area contributed by atoms with Crippen LogP contribution in [0.3, 0.4) is 0 Å². The van der Waals surface area contributed by atoms with E-state index in [-0.39, 0.29) is 0 Å². The molecule has 2 aromatic rings. The molecule has 1 aromatic carbocycles. The first kappa shape index (κ1) is 11.8. The average molecular weight is 261 g/mol.